The number of nitrogens with one attached hydrogen (secondary N) is 1. The zero-order chi connectivity index (χ0) is 13.6. The number of hydrogen-bond acceptors (Lipinski definition) is 5. The Labute approximate surface area is 108 Å². The second-order valence-corrected chi connectivity index (χ2v) is 5.81. The minimum absolute atomic E-state index is 0.257. The SMILES string of the molecule is CC(C)OP(=O)(ONc1ccccc1)OC(C)C. The molecule has 0 aliphatic rings. The molecule has 0 aliphatic carbocycles. The van der Waals surface area contributed by atoms with E-state index in [-0.39, 0.29) is 12.2 Å². The predicted molar refractivity (Wildman–Crippen MR) is 71.2 cm³/mol. The second-order valence-electron chi connectivity index (χ2n) is 4.31. The fourth-order valence-corrected chi connectivity index (χ4v) is 2.58. The summed E-state index contributed by atoms with van der Waals surface area (Å²) in [4.78, 5) is 0. The molecule has 0 saturated carbocycles. The van der Waals surface area contributed by atoms with Gasteiger partial charge < -0.3 is 0 Å². The van der Waals surface area contributed by atoms with Gasteiger partial charge in [-0.25, -0.2) is 4.57 Å². The Bertz CT molecular complexity index is 380. The average Bonchev–Trinajstić information content (AvgIpc) is 2.26. The van der Waals surface area contributed by atoms with Crippen molar-refractivity contribution in [1.29, 1.82) is 0 Å². The molecule has 0 fully saturated rings. The lowest BCUT2D eigenvalue weighted by Crippen LogP contribution is -2.12. The van der Waals surface area contributed by atoms with Crippen molar-refractivity contribution in [2.75, 3.05) is 5.48 Å². The maximum Gasteiger partial charge on any atom is 0.496 e. The number of para-hydroxylation sites is 1. The molecule has 0 spiro atoms. The van der Waals surface area contributed by atoms with Crippen LogP contribution in [0.25, 0.3) is 0 Å². The van der Waals surface area contributed by atoms with Crippen LogP contribution in [0.15, 0.2) is 30.3 Å². The van der Waals surface area contributed by atoms with Crippen molar-refractivity contribution in [3.8, 4) is 0 Å². The van der Waals surface area contributed by atoms with Gasteiger partial charge in [0.15, 0.2) is 0 Å². The third kappa shape index (κ3) is 5.65. The minimum atomic E-state index is -3.61. The van der Waals surface area contributed by atoms with Crippen molar-refractivity contribution in [2.24, 2.45) is 0 Å². The van der Waals surface area contributed by atoms with E-state index in [4.69, 9.17) is 13.7 Å². The molecule has 0 bridgehead atoms. The van der Waals surface area contributed by atoms with Gasteiger partial charge in [0.25, 0.3) is 0 Å². The molecule has 102 valence electrons. The van der Waals surface area contributed by atoms with Gasteiger partial charge in [0, 0.05) is 0 Å². The minimum Gasteiger partial charge on any atom is -0.283 e. The maximum absolute atomic E-state index is 12.3. The Morgan fingerprint density at radius 2 is 1.50 bits per heavy atom. The number of phosphoric ester groups is 1. The van der Waals surface area contributed by atoms with Gasteiger partial charge in [0.05, 0.1) is 17.9 Å². The molecule has 0 atom stereocenters. The summed E-state index contributed by atoms with van der Waals surface area (Å²) in [6, 6.07) is 9.12. The molecule has 0 unspecified atom stereocenters. The standard InChI is InChI=1S/C12H20NO4P/c1-10(2)15-18(14,16-11(3)4)17-13-12-8-6-5-7-9-12/h5-11,13H,1-4H3. The third-order valence-corrected chi connectivity index (χ3v) is 3.40. The van der Waals surface area contributed by atoms with E-state index in [0.717, 1.165) is 0 Å². The molecular weight excluding hydrogens is 253 g/mol. The first-order valence-electron chi connectivity index (χ1n) is 5.88. The smallest absolute Gasteiger partial charge is 0.283 e. The van der Waals surface area contributed by atoms with Crippen molar-refractivity contribution in [3.05, 3.63) is 30.3 Å². The number of rotatable bonds is 7. The van der Waals surface area contributed by atoms with E-state index in [1.165, 1.54) is 0 Å². The highest BCUT2D eigenvalue weighted by molar-refractivity contribution is 7.48. The largest absolute Gasteiger partial charge is 0.496 e. The van der Waals surface area contributed by atoms with Crippen molar-refractivity contribution < 1.29 is 18.2 Å². The first kappa shape index (κ1) is 15.2. The predicted octanol–water partition coefficient (Wildman–Crippen LogP) is 3.99. The average molecular weight is 273 g/mol. The van der Waals surface area contributed by atoms with Crippen LogP contribution < -0.4 is 5.48 Å². The Hall–Kier alpha value is -0.870. The molecule has 0 heterocycles. The fraction of sp³-hybridized carbons (Fsp3) is 0.500. The lowest BCUT2D eigenvalue weighted by molar-refractivity contribution is 0.0845. The van der Waals surface area contributed by atoms with Crippen LogP contribution in [0, 0.1) is 0 Å². The summed E-state index contributed by atoms with van der Waals surface area (Å²) in [5.74, 6) is 0. The van der Waals surface area contributed by atoms with E-state index >= 15 is 0 Å². The number of phosphoric acid groups is 1. The molecule has 1 aromatic rings. The van der Waals surface area contributed by atoms with Crippen LogP contribution in [0.4, 0.5) is 5.69 Å². The van der Waals surface area contributed by atoms with Gasteiger partial charge in [-0.05, 0) is 39.8 Å². The van der Waals surface area contributed by atoms with E-state index in [9.17, 15) is 4.57 Å². The number of hydrogen-bond donors (Lipinski definition) is 1. The van der Waals surface area contributed by atoms with E-state index in [0.29, 0.717) is 5.69 Å². The normalized spacial score (nSPS) is 12.1. The zero-order valence-electron chi connectivity index (χ0n) is 11.1. The van der Waals surface area contributed by atoms with Crippen LogP contribution in [0.2, 0.25) is 0 Å². The highest BCUT2D eigenvalue weighted by Gasteiger charge is 2.30. The zero-order valence-corrected chi connectivity index (χ0v) is 12.0. The van der Waals surface area contributed by atoms with Gasteiger partial charge in [0.1, 0.15) is 0 Å². The number of benzene rings is 1. The molecule has 0 radical (unpaired) electrons. The van der Waals surface area contributed by atoms with Crippen LogP contribution in [-0.2, 0) is 18.2 Å². The van der Waals surface area contributed by atoms with Crippen LogP contribution in [0.5, 0.6) is 0 Å². The molecule has 1 rings (SSSR count). The molecule has 5 nitrogen and oxygen atoms in total. The molecule has 18 heavy (non-hydrogen) atoms. The molecule has 1 N–H and O–H groups in total. The molecule has 0 aliphatic heterocycles. The van der Waals surface area contributed by atoms with Crippen molar-refractivity contribution in [2.45, 2.75) is 39.9 Å². The van der Waals surface area contributed by atoms with E-state index < -0.39 is 7.82 Å². The summed E-state index contributed by atoms with van der Waals surface area (Å²) in [7, 11) is -3.61. The second kappa shape index (κ2) is 6.90. The van der Waals surface area contributed by atoms with Crippen LogP contribution in [-0.4, -0.2) is 12.2 Å². The highest BCUT2D eigenvalue weighted by atomic mass is 31.2. The molecule has 0 saturated heterocycles. The highest BCUT2D eigenvalue weighted by Crippen LogP contribution is 2.51. The van der Waals surface area contributed by atoms with Crippen LogP contribution in [0.3, 0.4) is 0 Å². The molecule has 0 amide bonds. The Morgan fingerprint density at radius 1 is 1.00 bits per heavy atom. The Balaban J connectivity index is 2.64. The first-order chi connectivity index (χ1) is 8.41. The van der Waals surface area contributed by atoms with E-state index in [2.05, 4.69) is 5.48 Å². The van der Waals surface area contributed by atoms with Crippen LogP contribution >= 0.6 is 7.82 Å². The van der Waals surface area contributed by atoms with Gasteiger partial charge in [-0.15, -0.1) is 0 Å². The van der Waals surface area contributed by atoms with Gasteiger partial charge in [0.2, 0.25) is 0 Å². The van der Waals surface area contributed by atoms with E-state index in [1.54, 1.807) is 39.8 Å². The molecule has 6 heteroatoms. The van der Waals surface area contributed by atoms with E-state index in [1.807, 2.05) is 18.2 Å². The molecular formula is C12H20NO4P. The van der Waals surface area contributed by atoms with Gasteiger partial charge in [-0.2, -0.15) is 4.62 Å². The Kier molecular flexibility index (Phi) is 5.82. The summed E-state index contributed by atoms with van der Waals surface area (Å²) < 4.78 is 27.8. The third-order valence-electron chi connectivity index (χ3n) is 1.73. The summed E-state index contributed by atoms with van der Waals surface area (Å²) in [5.41, 5.74) is 3.26. The molecule has 1 aromatic carbocycles. The summed E-state index contributed by atoms with van der Waals surface area (Å²) in [6.45, 7) is 7.06. The lowest BCUT2D eigenvalue weighted by Gasteiger charge is -2.21. The van der Waals surface area contributed by atoms with Crippen molar-refractivity contribution in [1.82, 2.24) is 0 Å². The summed E-state index contributed by atoms with van der Waals surface area (Å²) in [6.07, 6.45) is -0.515. The summed E-state index contributed by atoms with van der Waals surface area (Å²) in [5, 5.41) is 0. The first-order valence-corrected chi connectivity index (χ1v) is 7.34. The topological polar surface area (TPSA) is 56.8 Å². The fourth-order valence-electron chi connectivity index (χ4n) is 1.20. The lowest BCUT2D eigenvalue weighted by atomic mass is 10.3. The maximum atomic E-state index is 12.3. The summed E-state index contributed by atoms with van der Waals surface area (Å²) >= 11 is 0. The van der Waals surface area contributed by atoms with Crippen molar-refractivity contribution in [3.63, 3.8) is 0 Å². The van der Waals surface area contributed by atoms with Gasteiger partial charge >= 0.3 is 7.82 Å². The molecule has 0 aromatic heterocycles. The Morgan fingerprint density at radius 3 is 1.94 bits per heavy atom. The van der Waals surface area contributed by atoms with Gasteiger partial charge in [-0.1, -0.05) is 18.2 Å². The van der Waals surface area contributed by atoms with Crippen molar-refractivity contribution >= 4 is 13.5 Å². The quantitative estimate of drug-likeness (QED) is 0.601. The monoisotopic (exact) mass is 273 g/mol. The number of anilines is 1. The van der Waals surface area contributed by atoms with Crippen LogP contribution in [0.1, 0.15) is 27.7 Å². The van der Waals surface area contributed by atoms with Gasteiger partial charge in [-0.3, -0.25) is 14.5 Å².